The van der Waals surface area contributed by atoms with Gasteiger partial charge in [-0.25, -0.2) is 4.39 Å². The Morgan fingerprint density at radius 3 is 2.92 bits per heavy atom. The average molecular weight is 332 g/mol. The van der Waals surface area contributed by atoms with Crippen molar-refractivity contribution in [1.82, 2.24) is 20.4 Å². The molecule has 1 aromatic carbocycles. The van der Waals surface area contributed by atoms with Crippen molar-refractivity contribution in [2.75, 3.05) is 19.6 Å². The summed E-state index contributed by atoms with van der Waals surface area (Å²) in [6.45, 7) is 1.92. The van der Waals surface area contributed by atoms with Gasteiger partial charge in [-0.05, 0) is 43.1 Å². The quantitative estimate of drug-likeness (QED) is 0.773. The zero-order valence-electron chi connectivity index (χ0n) is 13.3. The fourth-order valence-electron chi connectivity index (χ4n) is 2.80. The van der Waals surface area contributed by atoms with Crippen molar-refractivity contribution in [2.45, 2.75) is 25.0 Å². The molecule has 128 valence electrons. The average Bonchev–Trinajstić information content (AvgIpc) is 3.11. The Morgan fingerprint density at radius 2 is 2.21 bits per heavy atom. The summed E-state index contributed by atoms with van der Waals surface area (Å²) >= 11 is 0. The molecule has 1 aliphatic heterocycles. The molecule has 1 aromatic heterocycles. The molecule has 1 fully saturated rings. The molecule has 7 heteroatoms. The highest BCUT2D eigenvalue weighted by atomic mass is 19.1. The Hall–Kier alpha value is -2.25. The lowest BCUT2D eigenvalue weighted by Gasteiger charge is -2.22. The molecule has 0 bridgehead atoms. The second-order valence-corrected chi connectivity index (χ2v) is 5.96. The first-order chi connectivity index (χ1) is 11.6. The van der Waals surface area contributed by atoms with Crippen LogP contribution in [0.15, 0.2) is 36.5 Å². The lowest BCUT2D eigenvalue weighted by Crippen LogP contribution is -2.32. The van der Waals surface area contributed by atoms with E-state index in [2.05, 4.69) is 15.7 Å². The summed E-state index contributed by atoms with van der Waals surface area (Å²) in [4.78, 5) is 12.2. The molecule has 0 saturated carbocycles. The number of piperidine rings is 1. The van der Waals surface area contributed by atoms with Gasteiger partial charge in [-0.2, -0.15) is 5.10 Å². The molecule has 2 heterocycles. The van der Waals surface area contributed by atoms with Crippen LogP contribution in [0.5, 0.6) is 0 Å². The van der Waals surface area contributed by atoms with Gasteiger partial charge in [0.25, 0.3) is 5.91 Å². The monoisotopic (exact) mass is 332 g/mol. The third-order valence-corrected chi connectivity index (χ3v) is 4.20. The van der Waals surface area contributed by atoms with Crippen molar-refractivity contribution in [3.05, 3.63) is 53.6 Å². The van der Waals surface area contributed by atoms with E-state index in [-0.39, 0.29) is 24.3 Å². The maximum absolute atomic E-state index is 12.9. The topological polar surface area (TPSA) is 79.2 Å². The first kappa shape index (κ1) is 16.6. The Kier molecular flexibility index (Phi) is 5.22. The molecule has 2 atom stereocenters. The number of nitrogens with zero attached hydrogens (tertiary/aromatic N) is 2. The molecule has 1 amide bonds. The molecule has 2 aromatic rings. The van der Waals surface area contributed by atoms with Crippen LogP contribution in [-0.4, -0.2) is 40.4 Å². The highest BCUT2D eigenvalue weighted by molar-refractivity contribution is 5.92. The maximum atomic E-state index is 12.9. The van der Waals surface area contributed by atoms with E-state index < -0.39 is 6.10 Å². The summed E-state index contributed by atoms with van der Waals surface area (Å²) in [6, 6.07) is 7.49. The van der Waals surface area contributed by atoms with Crippen molar-refractivity contribution in [3.8, 4) is 0 Å². The van der Waals surface area contributed by atoms with Gasteiger partial charge < -0.3 is 15.7 Å². The largest absolute Gasteiger partial charge is 0.387 e. The maximum Gasteiger partial charge on any atom is 0.271 e. The van der Waals surface area contributed by atoms with Gasteiger partial charge in [0.05, 0.1) is 12.1 Å². The summed E-state index contributed by atoms with van der Waals surface area (Å²) in [5, 5.41) is 20.3. The molecule has 0 radical (unpaired) electrons. The van der Waals surface area contributed by atoms with Gasteiger partial charge >= 0.3 is 0 Å². The van der Waals surface area contributed by atoms with Crippen molar-refractivity contribution in [3.63, 3.8) is 0 Å². The molecular formula is C17H21FN4O2. The summed E-state index contributed by atoms with van der Waals surface area (Å²) in [7, 11) is 0. The number of carbonyl (C=O) groups is 1. The minimum atomic E-state index is -0.890. The number of aromatic nitrogens is 2. The number of hydrogen-bond acceptors (Lipinski definition) is 4. The number of carbonyl (C=O) groups excluding carboxylic acids is 1. The van der Waals surface area contributed by atoms with Crippen LogP contribution in [0.2, 0.25) is 0 Å². The van der Waals surface area contributed by atoms with Crippen molar-refractivity contribution in [1.29, 1.82) is 0 Å². The van der Waals surface area contributed by atoms with Crippen LogP contribution in [-0.2, 0) is 0 Å². The normalized spacial score (nSPS) is 19.0. The predicted octanol–water partition coefficient (Wildman–Crippen LogP) is 1.41. The first-order valence-corrected chi connectivity index (χ1v) is 8.11. The van der Waals surface area contributed by atoms with E-state index in [9.17, 15) is 14.3 Å². The number of hydrogen-bond donors (Lipinski definition) is 3. The predicted molar refractivity (Wildman–Crippen MR) is 87.1 cm³/mol. The smallest absolute Gasteiger partial charge is 0.271 e. The van der Waals surface area contributed by atoms with Gasteiger partial charge in [0.2, 0.25) is 0 Å². The molecule has 6 nitrogen and oxygen atoms in total. The van der Waals surface area contributed by atoms with Crippen LogP contribution in [0.1, 0.15) is 41.0 Å². The van der Waals surface area contributed by atoms with E-state index in [1.165, 1.54) is 24.3 Å². The lowest BCUT2D eigenvalue weighted by molar-refractivity contribution is 0.0910. The third kappa shape index (κ3) is 3.98. The molecule has 2 unspecified atom stereocenters. The van der Waals surface area contributed by atoms with E-state index in [1.54, 1.807) is 6.07 Å². The van der Waals surface area contributed by atoms with Gasteiger partial charge in [0.1, 0.15) is 11.5 Å². The number of benzene rings is 1. The van der Waals surface area contributed by atoms with E-state index in [1.807, 2.05) is 10.9 Å². The Labute approximate surface area is 139 Å². The van der Waals surface area contributed by atoms with Gasteiger partial charge in [-0.3, -0.25) is 9.48 Å². The number of nitrogens with one attached hydrogen (secondary N) is 2. The van der Waals surface area contributed by atoms with Gasteiger partial charge in [-0.15, -0.1) is 0 Å². The molecule has 24 heavy (non-hydrogen) atoms. The number of aliphatic hydroxyl groups excluding tert-OH is 1. The summed E-state index contributed by atoms with van der Waals surface area (Å²) in [5.74, 6) is -0.698. The minimum absolute atomic E-state index is 0.0440. The Bertz CT molecular complexity index is 680. The Morgan fingerprint density at radius 1 is 1.42 bits per heavy atom. The second-order valence-electron chi connectivity index (χ2n) is 5.96. The molecule has 3 rings (SSSR count). The van der Waals surface area contributed by atoms with Gasteiger partial charge in [0.15, 0.2) is 0 Å². The fourth-order valence-corrected chi connectivity index (χ4v) is 2.80. The van der Waals surface area contributed by atoms with Crippen LogP contribution >= 0.6 is 0 Å². The highest BCUT2D eigenvalue weighted by Crippen LogP contribution is 2.16. The summed E-state index contributed by atoms with van der Waals surface area (Å²) < 4.78 is 14.7. The molecule has 0 aliphatic carbocycles. The molecule has 1 saturated heterocycles. The zero-order valence-corrected chi connectivity index (χ0v) is 13.3. The van der Waals surface area contributed by atoms with Crippen LogP contribution < -0.4 is 10.6 Å². The summed E-state index contributed by atoms with van der Waals surface area (Å²) in [5.41, 5.74) is 0.877. The lowest BCUT2D eigenvalue weighted by atomic mass is 10.1. The molecular weight excluding hydrogens is 311 g/mol. The molecule has 1 aliphatic rings. The number of amides is 1. The molecule has 3 N–H and O–H groups in total. The van der Waals surface area contributed by atoms with Crippen LogP contribution in [0.4, 0.5) is 4.39 Å². The van der Waals surface area contributed by atoms with E-state index in [0.29, 0.717) is 11.3 Å². The minimum Gasteiger partial charge on any atom is -0.387 e. The second kappa shape index (κ2) is 7.55. The van der Waals surface area contributed by atoms with E-state index in [4.69, 9.17) is 0 Å². The summed E-state index contributed by atoms with van der Waals surface area (Å²) in [6.07, 6.45) is 3.05. The van der Waals surface area contributed by atoms with E-state index >= 15 is 0 Å². The SMILES string of the molecule is O=C(NCC(O)c1ccc(F)cc1)c1ccn(C2CCCNC2)n1. The zero-order chi connectivity index (χ0) is 16.9. The first-order valence-electron chi connectivity index (χ1n) is 8.11. The highest BCUT2D eigenvalue weighted by Gasteiger charge is 2.18. The van der Waals surface area contributed by atoms with Crippen LogP contribution in [0.25, 0.3) is 0 Å². The third-order valence-electron chi connectivity index (χ3n) is 4.20. The van der Waals surface area contributed by atoms with Gasteiger partial charge in [-0.1, -0.05) is 12.1 Å². The Balaban J connectivity index is 1.55. The number of halogens is 1. The van der Waals surface area contributed by atoms with Crippen LogP contribution in [0, 0.1) is 5.82 Å². The van der Waals surface area contributed by atoms with Crippen molar-refractivity contribution >= 4 is 5.91 Å². The standard InChI is InChI=1S/C17H21FN4O2/c18-13-5-3-12(4-6-13)16(23)11-20-17(24)15-7-9-22(21-15)14-2-1-8-19-10-14/h3-7,9,14,16,19,23H,1-2,8,10-11H2,(H,20,24). The fraction of sp³-hybridized carbons (Fsp3) is 0.412. The number of aliphatic hydroxyl groups is 1. The van der Waals surface area contributed by atoms with E-state index in [0.717, 1.165) is 25.9 Å². The van der Waals surface area contributed by atoms with Crippen molar-refractivity contribution in [2.24, 2.45) is 0 Å². The number of rotatable bonds is 5. The molecule has 0 spiro atoms. The van der Waals surface area contributed by atoms with Crippen LogP contribution in [0.3, 0.4) is 0 Å². The van der Waals surface area contributed by atoms with Crippen molar-refractivity contribution < 1.29 is 14.3 Å². The van der Waals surface area contributed by atoms with Gasteiger partial charge in [0, 0.05) is 19.3 Å².